The first-order valence-electron chi connectivity index (χ1n) is 6.19. The molecule has 1 amide bonds. The molecule has 2 nitrogen and oxygen atoms in total. The highest BCUT2D eigenvalue weighted by Crippen LogP contribution is 2.14. The molecule has 0 saturated carbocycles. The molecule has 0 bridgehead atoms. The molecular weight excluding hydrogens is 349 g/mol. The van der Waals surface area contributed by atoms with Crippen LogP contribution in [0.1, 0.15) is 34.5 Å². The van der Waals surface area contributed by atoms with E-state index in [0.717, 1.165) is 9.13 Å². The molecule has 2 rings (SSSR count). The van der Waals surface area contributed by atoms with Gasteiger partial charge >= 0.3 is 0 Å². The van der Waals surface area contributed by atoms with Gasteiger partial charge in [0.15, 0.2) is 0 Å². The quantitative estimate of drug-likeness (QED) is 0.816. The van der Waals surface area contributed by atoms with Gasteiger partial charge in [0.25, 0.3) is 5.91 Å². The summed E-state index contributed by atoms with van der Waals surface area (Å²) in [7, 11) is 0. The summed E-state index contributed by atoms with van der Waals surface area (Å²) < 4.78 is 1.06. The summed E-state index contributed by atoms with van der Waals surface area (Å²) in [6.45, 7) is 4.05. The number of benzene rings is 2. The van der Waals surface area contributed by atoms with Gasteiger partial charge in [0.1, 0.15) is 0 Å². The van der Waals surface area contributed by atoms with Crippen molar-refractivity contribution in [3.05, 3.63) is 68.8 Å². The zero-order valence-electron chi connectivity index (χ0n) is 11.0. The second-order valence-corrected chi connectivity index (χ2v) is 5.86. The lowest BCUT2D eigenvalue weighted by atomic mass is 10.1. The predicted octanol–water partition coefficient (Wildman–Crippen LogP) is 4.09. The molecule has 1 atom stereocenters. The Morgan fingerprint density at radius 2 is 1.84 bits per heavy atom. The van der Waals surface area contributed by atoms with Crippen molar-refractivity contribution in [2.24, 2.45) is 0 Å². The fraction of sp³-hybridized carbons (Fsp3) is 0.188. The van der Waals surface area contributed by atoms with Crippen molar-refractivity contribution < 1.29 is 4.79 Å². The molecule has 0 aliphatic carbocycles. The van der Waals surface area contributed by atoms with E-state index in [2.05, 4.69) is 59.1 Å². The Morgan fingerprint density at radius 3 is 2.47 bits per heavy atom. The van der Waals surface area contributed by atoms with Gasteiger partial charge in [-0.1, -0.05) is 35.9 Å². The van der Waals surface area contributed by atoms with Gasteiger partial charge < -0.3 is 5.32 Å². The molecule has 3 heteroatoms. The average Bonchev–Trinajstić information content (AvgIpc) is 2.39. The van der Waals surface area contributed by atoms with E-state index in [9.17, 15) is 4.79 Å². The highest BCUT2D eigenvalue weighted by molar-refractivity contribution is 14.1. The minimum absolute atomic E-state index is 0.00553. The third kappa shape index (κ3) is 3.80. The van der Waals surface area contributed by atoms with E-state index < -0.39 is 0 Å². The monoisotopic (exact) mass is 365 g/mol. The molecule has 0 radical (unpaired) electrons. The summed E-state index contributed by atoms with van der Waals surface area (Å²) in [6, 6.07) is 15.8. The minimum atomic E-state index is -0.0356. The molecule has 1 unspecified atom stereocenters. The third-order valence-corrected chi connectivity index (χ3v) is 3.68. The predicted molar refractivity (Wildman–Crippen MR) is 86.2 cm³/mol. The first kappa shape index (κ1) is 14.1. The second kappa shape index (κ2) is 6.19. The summed E-state index contributed by atoms with van der Waals surface area (Å²) >= 11 is 2.21. The molecule has 1 N–H and O–H groups in total. The number of amides is 1. The lowest BCUT2D eigenvalue weighted by Crippen LogP contribution is -2.26. The molecule has 0 aromatic heterocycles. The standard InChI is InChI=1S/C16H16INO/c1-11-6-8-13(9-7-11)12(2)18-16(19)14-4-3-5-15(17)10-14/h3-10,12H,1-2H3,(H,18,19). The second-order valence-electron chi connectivity index (χ2n) is 4.62. The molecule has 0 saturated heterocycles. The molecule has 2 aromatic rings. The van der Waals surface area contributed by atoms with Crippen molar-refractivity contribution in [1.82, 2.24) is 5.32 Å². The fourth-order valence-corrected chi connectivity index (χ4v) is 2.39. The zero-order valence-corrected chi connectivity index (χ0v) is 13.1. The fourth-order valence-electron chi connectivity index (χ4n) is 1.85. The van der Waals surface area contributed by atoms with Gasteiger partial charge in [-0.3, -0.25) is 4.79 Å². The van der Waals surface area contributed by atoms with Crippen molar-refractivity contribution in [2.45, 2.75) is 19.9 Å². The maximum atomic E-state index is 12.1. The van der Waals surface area contributed by atoms with Gasteiger partial charge in [0.05, 0.1) is 6.04 Å². The van der Waals surface area contributed by atoms with Crippen LogP contribution in [0.5, 0.6) is 0 Å². The Morgan fingerprint density at radius 1 is 1.16 bits per heavy atom. The van der Waals surface area contributed by atoms with Crippen LogP contribution in [-0.4, -0.2) is 5.91 Å². The Bertz CT molecular complexity index is 578. The Kier molecular flexibility index (Phi) is 4.58. The highest BCUT2D eigenvalue weighted by atomic mass is 127. The third-order valence-electron chi connectivity index (χ3n) is 3.01. The van der Waals surface area contributed by atoms with E-state index in [1.165, 1.54) is 5.56 Å². The number of carbonyl (C=O) groups excluding carboxylic acids is 1. The van der Waals surface area contributed by atoms with E-state index in [4.69, 9.17) is 0 Å². The molecule has 0 aliphatic rings. The van der Waals surface area contributed by atoms with Crippen LogP contribution in [0.2, 0.25) is 0 Å². The molecular formula is C16H16INO. The van der Waals surface area contributed by atoms with Crippen LogP contribution in [0.3, 0.4) is 0 Å². The van der Waals surface area contributed by atoms with Gasteiger partial charge in [0.2, 0.25) is 0 Å². The lowest BCUT2D eigenvalue weighted by molar-refractivity contribution is 0.0940. The van der Waals surface area contributed by atoms with Gasteiger partial charge in [0, 0.05) is 9.13 Å². The van der Waals surface area contributed by atoms with Gasteiger partial charge in [-0.05, 0) is 60.2 Å². The average molecular weight is 365 g/mol. The number of nitrogens with one attached hydrogen (secondary N) is 1. The Labute approximate surface area is 127 Å². The van der Waals surface area contributed by atoms with Crippen molar-refractivity contribution in [1.29, 1.82) is 0 Å². The number of hydrogen-bond acceptors (Lipinski definition) is 1. The smallest absolute Gasteiger partial charge is 0.251 e. The van der Waals surface area contributed by atoms with Gasteiger partial charge in [-0.25, -0.2) is 0 Å². The van der Waals surface area contributed by atoms with Crippen molar-refractivity contribution in [3.63, 3.8) is 0 Å². The summed E-state index contributed by atoms with van der Waals surface area (Å²) in [4.78, 5) is 12.1. The highest BCUT2D eigenvalue weighted by Gasteiger charge is 2.11. The SMILES string of the molecule is Cc1ccc(C(C)NC(=O)c2cccc(I)c2)cc1. The number of hydrogen-bond donors (Lipinski definition) is 1. The van der Waals surface area contributed by atoms with Gasteiger partial charge in [-0.2, -0.15) is 0 Å². The molecule has 19 heavy (non-hydrogen) atoms. The van der Waals surface area contributed by atoms with Crippen LogP contribution in [0.25, 0.3) is 0 Å². The summed E-state index contributed by atoms with van der Waals surface area (Å²) in [5.41, 5.74) is 3.04. The first-order chi connectivity index (χ1) is 9.06. The van der Waals surface area contributed by atoms with Crippen LogP contribution in [0.4, 0.5) is 0 Å². The molecule has 98 valence electrons. The molecule has 2 aromatic carbocycles. The molecule has 0 aliphatic heterocycles. The molecule has 0 fully saturated rings. The first-order valence-corrected chi connectivity index (χ1v) is 7.27. The van der Waals surface area contributed by atoms with Crippen molar-refractivity contribution >= 4 is 28.5 Å². The van der Waals surface area contributed by atoms with Crippen LogP contribution in [0.15, 0.2) is 48.5 Å². The van der Waals surface area contributed by atoms with E-state index in [1.807, 2.05) is 31.2 Å². The molecule has 0 spiro atoms. The van der Waals surface area contributed by atoms with Crippen molar-refractivity contribution in [3.8, 4) is 0 Å². The maximum Gasteiger partial charge on any atom is 0.251 e. The Balaban J connectivity index is 2.08. The largest absolute Gasteiger partial charge is 0.346 e. The summed E-state index contributed by atoms with van der Waals surface area (Å²) in [5.74, 6) is -0.0356. The van der Waals surface area contributed by atoms with E-state index >= 15 is 0 Å². The number of rotatable bonds is 3. The number of halogens is 1. The van der Waals surface area contributed by atoms with Crippen LogP contribution in [0, 0.1) is 10.5 Å². The van der Waals surface area contributed by atoms with Gasteiger partial charge in [-0.15, -0.1) is 0 Å². The Hall–Kier alpha value is -1.36. The number of carbonyl (C=O) groups is 1. The minimum Gasteiger partial charge on any atom is -0.346 e. The lowest BCUT2D eigenvalue weighted by Gasteiger charge is -2.14. The topological polar surface area (TPSA) is 29.1 Å². The maximum absolute atomic E-state index is 12.1. The van der Waals surface area contributed by atoms with Crippen LogP contribution >= 0.6 is 22.6 Å². The summed E-state index contributed by atoms with van der Waals surface area (Å²) in [5, 5.41) is 3.02. The number of aryl methyl sites for hydroxylation is 1. The normalized spacial score (nSPS) is 11.9. The van der Waals surface area contributed by atoms with Crippen molar-refractivity contribution in [2.75, 3.05) is 0 Å². The van der Waals surface area contributed by atoms with Crippen LogP contribution < -0.4 is 5.32 Å². The molecule has 0 heterocycles. The zero-order chi connectivity index (χ0) is 13.8. The van der Waals surface area contributed by atoms with E-state index in [0.29, 0.717) is 5.56 Å². The summed E-state index contributed by atoms with van der Waals surface area (Å²) in [6.07, 6.45) is 0. The van der Waals surface area contributed by atoms with E-state index in [-0.39, 0.29) is 11.9 Å². The van der Waals surface area contributed by atoms with E-state index in [1.54, 1.807) is 0 Å². The van der Waals surface area contributed by atoms with Crippen LogP contribution in [-0.2, 0) is 0 Å².